The van der Waals surface area contributed by atoms with E-state index in [1.54, 1.807) is 18.4 Å². The SMILES string of the molecule is CCCC(NC(=O)CCCOc1ccc(OC)cc1)C(=O)N1CCc2sccc2C1. The molecular formula is C23H30N2O4S. The average Bonchev–Trinajstić information content (AvgIpc) is 3.24. The fourth-order valence-corrected chi connectivity index (χ4v) is 4.45. The number of hydrogen-bond donors (Lipinski definition) is 1. The van der Waals surface area contributed by atoms with E-state index in [0.29, 0.717) is 32.4 Å². The number of rotatable bonds is 10. The van der Waals surface area contributed by atoms with Gasteiger partial charge in [-0.3, -0.25) is 9.59 Å². The van der Waals surface area contributed by atoms with Crippen molar-refractivity contribution in [1.82, 2.24) is 10.2 Å². The summed E-state index contributed by atoms with van der Waals surface area (Å²) in [7, 11) is 1.62. The number of ether oxygens (including phenoxy) is 2. The molecule has 0 spiro atoms. The zero-order valence-electron chi connectivity index (χ0n) is 17.7. The highest BCUT2D eigenvalue weighted by atomic mass is 32.1. The van der Waals surface area contributed by atoms with E-state index in [1.807, 2.05) is 36.1 Å². The molecule has 0 saturated carbocycles. The fraction of sp³-hybridized carbons (Fsp3) is 0.478. The molecular weight excluding hydrogens is 400 g/mol. The van der Waals surface area contributed by atoms with Gasteiger partial charge in [-0.1, -0.05) is 13.3 Å². The predicted octanol–water partition coefficient (Wildman–Crippen LogP) is 3.79. The number of methoxy groups -OCH3 is 1. The monoisotopic (exact) mass is 430 g/mol. The Morgan fingerprint density at radius 3 is 2.70 bits per heavy atom. The minimum Gasteiger partial charge on any atom is -0.497 e. The summed E-state index contributed by atoms with van der Waals surface area (Å²) < 4.78 is 10.8. The van der Waals surface area contributed by atoms with Gasteiger partial charge in [0.25, 0.3) is 0 Å². The van der Waals surface area contributed by atoms with Gasteiger partial charge in [0.15, 0.2) is 0 Å². The van der Waals surface area contributed by atoms with Gasteiger partial charge in [-0.15, -0.1) is 11.3 Å². The summed E-state index contributed by atoms with van der Waals surface area (Å²) >= 11 is 1.75. The summed E-state index contributed by atoms with van der Waals surface area (Å²) in [6.07, 6.45) is 3.31. The van der Waals surface area contributed by atoms with E-state index in [1.165, 1.54) is 10.4 Å². The molecule has 0 fully saturated rings. The van der Waals surface area contributed by atoms with Crippen molar-refractivity contribution >= 4 is 23.2 Å². The zero-order valence-corrected chi connectivity index (χ0v) is 18.5. The van der Waals surface area contributed by atoms with Crippen LogP contribution in [0.25, 0.3) is 0 Å². The van der Waals surface area contributed by atoms with Crippen molar-refractivity contribution in [3.63, 3.8) is 0 Å². The standard InChI is InChI=1S/C23H30N2O4S/c1-3-5-20(23(27)25-13-11-21-17(16-25)12-15-30-21)24-22(26)6-4-14-29-19-9-7-18(28-2)8-10-19/h7-10,12,15,20H,3-6,11,13-14,16H2,1-2H3,(H,24,26). The fourth-order valence-electron chi connectivity index (χ4n) is 3.56. The van der Waals surface area contributed by atoms with E-state index in [2.05, 4.69) is 16.8 Å². The minimum atomic E-state index is -0.454. The third-order valence-electron chi connectivity index (χ3n) is 5.21. The van der Waals surface area contributed by atoms with Crippen LogP contribution in [0.2, 0.25) is 0 Å². The number of hydrogen-bond acceptors (Lipinski definition) is 5. The Kier molecular flexibility index (Phi) is 8.13. The highest BCUT2D eigenvalue weighted by Gasteiger charge is 2.28. The Balaban J connectivity index is 1.43. The van der Waals surface area contributed by atoms with Crippen molar-refractivity contribution in [2.75, 3.05) is 20.3 Å². The molecule has 1 aliphatic heterocycles. The molecule has 6 nitrogen and oxygen atoms in total. The Bertz CT molecular complexity index is 834. The van der Waals surface area contributed by atoms with Gasteiger partial charge < -0.3 is 19.7 Å². The summed E-state index contributed by atoms with van der Waals surface area (Å²) in [5.74, 6) is 1.44. The lowest BCUT2D eigenvalue weighted by atomic mass is 10.1. The number of thiophene rings is 1. The van der Waals surface area contributed by atoms with Crippen LogP contribution in [0.15, 0.2) is 35.7 Å². The molecule has 1 aromatic carbocycles. The smallest absolute Gasteiger partial charge is 0.245 e. The molecule has 0 saturated heterocycles. The third-order valence-corrected chi connectivity index (χ3v) is 6.23. The van der Waals surface area contributed by atoms with E-state index >= 15 is 0 Å². The van der Waals surface area contributed by atoms with E-state index in [9.17, 15) is 9.59 Å². The summed E-state index contributed by atoms with van der Waals surface area (Å²) in [5.41, 5.74) is 1.23. The number of nitrogens with one attached hydrogen (secondary N) is 1. The lowest BCUT2D eigenvalue weighted by Crippen LogP contribution is -2.49. The number of amides is 2. The summed E-state index contributed by atoms with van der Waals surface area (Å²) in [6, 6.07) is 8.99. The van der Waals surface area contributed by atoms with Gasteiger partial charge in [0, 0.05) is 24.4 Å². The normalized spacial score (nSPS) is 14.0. The number of carbonyl (C=O) groups is 2. The molecule has 2 amide bonds. The number of fused-ring (bicyclic) bond motifs is 1. The van der Waals surface area contributed by atoms with Crippen LogP contribution in [0.3, 0.4) is 0 Å². The van der Waals surface area contributed by atoms with Crippen molar-refractivity contribution in [3.8, 4) is 11.5 Å². The van der Waals surface area contributed by atoms with Crippen molar-refractivity contribution in [3.05, 3.63) is 46.2 Å². The Morgan fingerprint density at radius 2 is 1.97 bits per heavy atom. The first-order valence-corrected chi connectivity index (χ1v) is 11.4. The Morgan fingerprint density at radius 1 is 1.20 bits per heavy atom. The highest BCUT2D eigenvalue weighted by Crippen LogP contribution is 2.24. The molecule has 1 N–H and O–H groups in total. The summed E-state index contributed by atoms with van der Waals surface area (Å²) in [4.78, 5) is 28.7. The van der Waals surface area contributed by atoms with E-state index in [-0.39, 0.29) is 11.8 Å². The Labute approximate surface area is 182 Å². The van der Waals surface area contributed by atoms with Crippen molar-refractivity contribution in [2.24, 2.45) is 0 Å². The topological polar surface area (TPSA) is 67.9 Å². The van der Waals surface area contributed by atoms with Crippen LogP contribution in [0, 0.1) is 0 Å². The second-order valence-corrected chi connectivity index (χ2v) is 8.42. The first-order chi connectivity index (χ1) is 14.6. The predicted molar refractivity (Wildman–Crippen MR) is 118 cm³/mol. The van der Waals surface area contributed by atoms with Gasteiger partial charge in [-0.05, 0) is 60.5 Å². The average molecular weight is 431 g/mol. The van der Waals surface area contributed by atoms with Crippen LogP contribution in [-0.2, 0) is 22.6 Å². The number of carbonyl (C=O) groups excluding carboxylic acids is 2. The van der Waals surface area contributed by atoms with Gasteiger partial charge in [0.2, 0.25) is 11.8 Å². The van der Waals surface area contributed by atoms with Crippen LogP contribution >= 0.6 is 11.3 Å². The maximum absolute atomic E-state index is 13.0. The van der Waals surface area contributed by atoms with Crippen molar-refractivity contribution in [1.29, 1.82) is 0 Å². The maximum Gasteiger partial charge on any atom is 0.245 e. The molecule has 1 aliphatic rings. The van der Waals surface area contributed by atoms with Crippen LogP contribution in [0.1, 0.15) is 43.0 Å². The van der Waals surface area contributed by atoms with Crippen molar-refractivity contribution < 1.29 is 19.1 Å². The van der Waals surface area contributed by atoms with Crippen LogP contribution in [-0.4, -0.2) is 43.0 Å². The molecule has 1 aromatic heterocycles. The third kappa shape index (κ3) is 5.98. The number of benzene rings is 1. The molecule has 7 heteroatoms. The number of nitrogens with zero attached hydrogens (tertiary/aromatic N) is 1. The maximum atomic E-state index is 13.0. The Hall–Kier alpha value is -2.54. The first kappa shape index (κ1) is 22.2. The molecule has 0 radical (unpaired) electrons. The van der Waals surface area contributed by atoms with E-state index in [0.717, 1.165) is 30.9 Å². The molecule has 2 heterocycles. The zero-order chi connectivity index (χ0) is 21.3. The summed E-state index contributed by atoms with van der Waals surface area (Å²) in [6.45, 7) is 3.84. The van der Waals surface area contributed by atoms with E-state index in [4.69, 9.17) is 9.47 Å². The van der Waals surface area contributed by atoms with Gasteiger partial charge in [0.05, 0.1) is 13.7 Å². The minimum absolute atomic E-state index is 0.0246. The van der Waals surface area contributed by atoms with Crippen LogP contribution in [0.4, 0.5) is 0 Å². The summed E-state index contributed by atoms with van der Waals surface area (Å²) in [5, 5.41) is 5.03. The van der Waals surface area contributed by atoms with E-state index < -0.39 is 6.04 Å². The van der Waals surface area contributed by atoms with Gasteiger partial charge in [0.1, 0.15) is 17.5 Å². The van der Waals surface area contributed by atoms with Gasteiger partial charge in [-0.2, -0.15) is 0 Å². The second kappa shape index (κ2) is 11.0. The first-order valence-electron chi connectivity index (χ1n) is 10.5. The molecule has 1 atom stereocenters. The van der Waals surface area contributed by atoms with Gasteiger partial charge in [-0.25, -0.2) is 0 Å². The quantitative estimate of drug-likeness (QED) is 0.583. The molecule has 3 rings (SSSR count). The molecule has 162 valence electrons. The lowest BCUT2D eigenvalue weighted by molar-refractivity contribution is -0.137. The molecule has 0 aliphatic carbocycles. The molecule has 1 unspecified atom stereocenters. The van der Waals surface area contributed by atoms with Gasteiger partial charge >= 0.3 is 0 Å². The van der Waals surface area contributed by atoms with Crippen molar-refractivity contribution in [2.45, 2.75) is 51.6 Å². The molecule has 0 bridgehead atoms. The van der Waals surface area contributed by atoms with Crippen LogP contribution < -0.4 is 14.8 Å². The largest absolute Gasteiger partial charge is 0.497 e. The van der Waals surface area contributed by atoms with Crippen LogP contribution in [0.5, 0.6) is 11.5 Å². The lowest BCUT2D eigenvalue weighted by Gasteiger charge is -2.31. The molecule has 2 aromatic rings. The highest BCUT2D eigenvalue weighted by molar-refractivity contribution is 7.10. The molecule has 30 heavy (non-hydrogen) atoms. The second-order valence-electron chi connectivity index (χ2n) is 7.42.